The van der Waals surface area contributed by atoms with Gasteiger partial charge < -0.3 is 4.90 Å². The van der Waals surface area contributed by atoms with Gasteiger partial charge in [-0.2, -0.15) is 5.10 Å². The predicted molar refractivity (Wildman–Crippen MR) is 69.1 cm³/mol. The van der Waals surface area contributed by atoms with Crippen LogP contribution in [-0.2, 0) is 7.05 Å². The summed E-state index contributed by atoms with van der Waals surface area (Å²) in [4.78, 5) is 17.9. The van der Waals surface area contributed by atoms with Gasteiger partial charge in [-0.1, -0.05) is 0 Å². The van der Waals surface area contributed by atoms with E-state index in [2.05, 4.69) is 10.1 Å². The topological polar surface area (TPSA) is 51.0 Å². The molecule has 94 valence electrons. The largest absolute Gasteiger partial charge is 0.342 e. The highest BCUT2D eigenvalue weighted by Gasteiger charge is 2.11. The maximum Gasteiger partial charge on any atom is 0.255 e. The zero-order valence-electron chi connectivity index (χ0n) is 10.8. The number of aromatic nitrogens is 3. The molecule has 0 aliphatic rings. The summed E-state index contributed by atoms with van der Waals surface area (Å²) in [7, 11) is 3.64. The molecule has 0 bridgehead atoms. The molecule has 2 rings (SSSR count). The lowest BCUT2D eigenvalue weighted by Crippen LogP contribution is -2.26. The minimum Gasteiger partial charge on any atom is -0.342 e. The van der Waals surface area contributed by atoms with Crippen LogP contribution in [0.15, 0.2) is 30.6 Å². The van der Waals surface area contributed by atoms with Crippen molar-refractivity contribution in [1.29, 1.82) is 0 Å². The summed E-state index contributed by atoms with van der Waals surface area (Å²) in [5.41, 5.74) is 2.34. The minimum atomic E-state index is -0.0124. The Hall–Kier alpha value is -2.17. The van der Waals surface area contributed by atoms with Crippen molar-refractivity contribution in [1.82, 2.24) is 19.7 Å². The molecule has 5 nitrogen and oxygen atoms in total. The van der Waals surface area contributed by atoms with E-state index in [0.717, 1.165) is 11.4 Å². The van der Waals surface area contributed by atoms with Crippen molar-refractivity contribution < 1.29 is 4.79 Å². The number of hydrogen-bond acceptors (Lipinski definition) is 3. The predicted octanol–water partition coefficient (Wildman–Crippen LogP) is 1.57. The van der Waals surface area contributed by atoms with E-state index < -0.39 is 0 Å². The van der Waals surface area contributed by atoms with Crippen LogP contribution in [0.3, 0.4) is 0 Å². The van der Waals surface area contributed by atoms with Crippen LogP contribution in [0.5, 0.6) is 0 Å². The Morgan fingerprint density at radius 1 is 1.39 bits per heavy atom. The summed E-state index contributed by atoms with van der Waals surface area (Å²) in [5.74, 6) is -0.0124. The van der Waals surface area contributed by atoms with E-state index in [0.29, 0.717) is 12.1 Å². The van der Waals surface area contributed by atoms with Gasteiger partial charge in [0.05, 0.1) is 17.0 Å². The van der Waals surface area contributed by atoms with Gasteiger partial charge in [-0.25, -0.2) is 0 Å². The van der Waals surface area contributed by atoms with Crippen molar-refractivity contribution in [3.05, 3.63) is 36.2 Å². The SMILES string of the molecule is CCN(C)C(=O)c1ccc(-c2ccnn2C)nc1. The van der Waals surface area contributed by atoms with Crippen LogP contribution in [0.1, 0.15) is 17.3 Å². The second-order valence-electron chi connectivity index (χ2n) is 4.09. The van der Waals surface area contributed by atoms with Crippen LogP contribution in [0, 0.1) is 0 Å². The zero-order chi connectivity index (χ0) is 13.1. The van der Waals surface area contributed by atoms with E-state index >= 15 is 0 Å². The Kier molecular flexibility index (Phi) is 3.41. The Morgan fingerprint density at radius 3 is 2.67 bits per heavy atom. The van der Waals surface area contributed by atoms with Crippen LogP contribution >= 0.6 is 0 Å². The summed E-state index contributed by atoms with van der Waals surface area (Å²) >= 11 is 0. The highest BCUT2D eigenvalue weighted by molar-refractivity contribution is 5.93. The number of aryl methyl sites for hydroxylation is 1. The number of amides is 1. The molecule has 0 atom stereocenters. The summed E-state index contributed by atoms with van der Waals surface area (Å²) in [6.07, 6.45) is 3.33. The maximum atomic E-state index is 11.9. The van der Waals surface area contributed by atoms with Gasteiger partial charge in [0.2, 0.25) is 0 Å². The van der Waals surface area contributed by atoms with Gasteiger partial charge in [0.25, 0.3) is 5.91 Å². The summed E-state index contributed by atoms with van der Waals surface area (Å²) in [5, 5.41) is 4.09. The summed E-state index contributed by atoms with van der Waals surface area (Å²) in [6.45, 7) is 2.62. The quantitative estimate of drug-likeness (QED) is 0.823. The number of pyridine rings is 1. The second kappa shape index (κ2) is 5.00. The molecule has 0 spiro atoms. The second-order valence-corrected chi connectivity index (χ2v) is 4.09. The van der Waals surface area contributed by atoms with E-state index in [9.17, 15) is 4.79 Å². The molecule has 0 radical (unpaired) electrons. The van der Waals surface area contributed by atoms with Crippen LogP contribution in [0.2, 0.25) is 0 Å². The number of nitrogens with zero attached hydrogens (tertiary/aromatic N) is 4. The van der Waals surface area contributed by atoms with Crippen LogP contribution in [-0.4, -0.2) is 39.2 Å². The number of rotatable bonds is 3. The molecule has 2 aromatic rings. The van der Waals surface area contributed by atoms with E-state index in [1.807, 2.05) is 26.1 Å². The van der Waals surface area contributed by atoms with E-state index in [1.54, 1.807) is 35.1 Å². The van der Waals surface area contributed by atoms with Gasteiger partial charge in [0.1, 0.15) is 0 Å². The Morgan fingerprint density at radius 2 is 2.17 bits per heavy atom. The minimum absolute atomic E-state index is 0.0124. The summed E-state index contributed by atoms with van der Waals surface area (Å²) in [6, 6.07) is 5.53. The van der Waals surface area contributed by atoms with Gasteiger partial charge in [-0.05, 0) is 25.1 Å². The third-order valence-electron chi connectivity index (χ3n) is 2.91. The van der Waals surface area contributed by atoms with Crippen LogP contribution in [0.4, 0.5) is 0 Å². The molecule has 0 unspecified atom stereocenters. The average molecular weight is 244 g/mol. The van der Waals surface area contributed by atoms with Gasteiger partial charge in [0, 0.05) is 33.0 Å². The molecule has 0 fully saturated rings. The lowest BCUT2D eigenvalue weighted by Gasteiger charge is -2.14. The number of carbonyl (C=O) groups excluding carboxylic acids is 1. The van der Waals surface area contributed by atoms with E-state index in [1.165, 1.54) is 0 Å². The molecule has 2 aromatic heterocycles. The zero-order valence-corrected chi connectivity index (χ0v) is 10.8. The summed E-state index contributed by atoms with van der Waals surface area (Å²) < 4.78 is 1.75. The fourth-order valence-electron chi connectivity index (χ4n) is 1.66. The number of hydrogen-bond donors (Lipinski definition) is 0. The first-order valence-electron chi connectivity index (χ1n) is 5.83. The van der Waals surface area contributed by atoms with E-state index in [4.69, 9.17) is 0 Å². The first-order valence-corrected chi connectivity index (χ1v) is 5.83. The van der Waals surface area contributed by atoms with Crippen molar-refractivity contribution in [3.63, 3.8) is 0 Å². The molecule has 0 aromatic carbocycles. The molecule has 0 aliphatic heterocycles. The molecular weight excluding hydrogens is 228 g/mol. The molecular formula is C13H16N4O. The van der Waals surface area contributed by atoms with Gasteiger partial charge in [-0.15, -0.1) is 0 Å². The third-order valence-corrected chi connectivity index (χ3v) is 2.91. The van der Waals surface area contributed by atoms with Crippen LogP contribution < -0.4 is 0 Å². The molecule has 0 N–H and O–H groups in total. The maximum absolute atomic E-state index is 11.9. The molecule has 18 heavy (non-hydrogen) atoms. The molecule has 2 heterocycles. The van der Waals surface area contributed by atoms with Crippen LogP contribution in [0.25, 0.3) is 11.4 Å². The van der Waals surface area contributed by atoms with Gasteiger partial charge in [-0.3, -0.25) is 14.5 Å². The Labute approximate surface area is 106 Å². The monoisotopic (exact) mass is 244 g/mol. The Balaban J connectivity index is 2.26. The first kappa shape index (κ1) is 12.3. The molecule has 0 saturated carbocycles. The van der Waals surface area contributed by atoms with Gasteiger partial charge in [0.15, 0.2) is 0 Å². The van der Waals surface area contributed by atoms with Crippen molar-refractivity contribution in [2.24, 2.45) is 7.05 Å². The third kappa shape index (κ3) is 2.25. The fraction of sp³-hybridized carbons (Fsp3) is 0.308. The standard InChI is InChI=1S/C13H16N4O/c1-4-16(2)13(18)10-5-6-11(14-9-10)12-7-8-15-17(12)3/h5-9H,4H2,1-3H3. The highest BCUT2D eigenvalue weighted by atomic mass is 16.2. The molecule has 0 aliphatic carbocycles. The van der Waals surface area contributed by atoms with E-state index in [-0.39, 0.29) is 5.91 Å². The average Bonchev–Trinajstić information content (AvgIpc) is 2.83. The molecule has 1 amide bonds. The molecule has 0 saturated heterocycles. The lowest BCUT2D eigenvalue weighted by atomic mass is 10.2. The lowest BCUT2D eigenvalue weighted by molar-refractivity contribution is 0.0802. The highest BCUT2D eigenvalue weighted by Crippen LogP contribution is 2.15. The van der Waals surface area contributed by atoms with Crippen molar-refractivity contribution >= 4 is 5.91 Å². The number of carbonyl (C=O) groups is 1. The van der Waals surface area contributed by atoms with Gasteiger partial charge >= 0.3 is 0 Å². The normalized spacial score (nSPS) is 10.4. The molecule has 5 heteroatoms. The smallest absolute Gasteiger partial charge is 0.255 e. The van der Waals surface area contributed by atoms with Crippen molar-refractivity contribution in [2.75, 3.05) is 13.6 Å². The fourth-order valence-corrected chi connectivity index (χ4v) is 1.66. The van der Waals surface area contributed by atoms with Crippen molar-refractivity contribution in [3.8, 4) is 11.4 Å². The van der Waals surface area contributed by atoms with Crippen molar-refractivity contribution in [2.45, 2.75) is 6.92 Å². The Bertz CT molecular complexity index is 544. The first-order chi connectivity index (χ1) is 8.63.